The molecule has 4 heteroatoms. The second-order valence-corrected chi connectivity index (χ2v) is 12.9. The molecule has 0 aromatic rings. The van der Waals surface area contributed by atoms with Crippen molar-refractivity contribution in [3.8, 4) is 0 Å². The van der Waals surface area contributed by atoms with Gasteiger partial charge in [-0.3, -0.25) is 9.59 Å². The Kier molecular flexibility index (Phi) is 32.0. The van der Waals surface area contributed by atoms with E-state index in [9.17, 15) is 9.59 Å². The Labute approximate surface area is 263 Å². The molecule has 0 radical (unpaired) electrons. The first-order valence-corrected chi connectivity index (χ1v) is 19.0. The minimum Gasteiger partial charge on any atom is -0.462 e. The van der Waals surface area contributed by atoms with Gasteiger partial charge in [-0.15, -0.1) is 0 Å². The summed E-state index contributed by atoms with van der Waals surface area (Å²) in [4.78, 5) is 25.3. The number of carbonyl (C=O) groups excluding carboxylic acids is 2. The molecule has 0 saturated carbocycles. The van der Waals surface area contributed by atoms with Crippen molar-refractivity contribution >= 4 is 11.9 Å². The lowest BCUT2D eigenvalue weighted by Gasteiger charge is -2.19. The van der Waals surface area contributed by atoms with Crippen molar-refractivity contribution in [1.82, 2.24) is 0 Å². The number of carbonyl (C=O) groups is 2. The van der Waals surface area contributed by atoms with Gasteiger partial charge >= 0.3 is 11.9 Å². The third kappa shape index (κ3) is 29.0. The largest absolute Gasteiger partial charge is 0.462 e. The summed E-state index contributed by atoms with van der Waals surface area (Å²) in [5, 5.41) is 0. The maximum absolute atomic E-state index is 12.6. The second kappa shape index (κ2) is 32.8. The van der Waals surface area contributed by atoms with Crippen LogP contribution in [0.1, 0.15) is 220 Å². The van der Waals surface area contributed by atoms with Gasteiger partial charge in [-0.2, -0.15) is 0 Å². The smallest absolute Gasteiger partial charge is 0.306 e. The first-order chi connectivity index (χ1) is 20.6. The molecule has 4 nitrogen and oxygen atoms in total. The van der Waals surface area contributed by atoms with Crippen LogP contribution in [0, 0.1) is 0 Å². The predicted molar refractivity (Wildman–Crippen MR) is 181 cm³/mol. The second-order valence-electron chi connectivity index (χ2n) is 12.9. The molecule has 0 spiro atoms. The van der Waals surface area contributed by atoms with Crippen LogP contribution in [0.5, 0.6) is 0 Å². The maximum atomic E-state index is 12.6. The van der Waals surface area contributed by atoms with Gasteiger partial charge in [0.25, 0.3) is 0 Å². The average Bonchev–Trinajstić information content (AvgIpc) is 2.98. The molecule has 0 aromatic heterocycles. The van der Waals surface area contributed by atoms with Crippen molar-refractivity contribution in [2.24, 2.45) is 0 Å². The highest BCUT2D eigenvalue weighted by atomic mass is 16.5. The quantitative estimate of drug-likeness (QED) is 0.0560. The van der Waals surface area contributed by atoms with Crippen LogP contribution in [0.2, 0.25) is 0 Å². The Morgan fingerprint density at radius 2 is 0.595 bits per heavy atom. The van der Waals surface area contributed by atoms with Gasteiger partial charge < -0.3 is 9.47 Å². The van der Waals surface area contributed by atoms with E-state index in [1.165, 1.54) is 116 Å². The zero-order valence-corrected chi connectivity index (χ0v) is 29.0. The zero-order valence-electron chi connectivity index (χ0n) is 29.0. The first kappa shape index (κ1) is 40.9. The van der Waals surface area contributed by atoms with E-state index in [4.69, 9.17) is 9.47 Å². The lowest BCUT2D eigenvalue weighted by Crippen LogP contribution is -2.19. The summed E-state index contributed by atoms with van der Waals surface area (Å²) in [6.07, 6.45) is 34.0. The molecule has 0 aliphatic rings. The molecule has 0 fully saturated rings. The topological polar surface area (TPSA) is 52.6 Å². The molecule has 42 heavy (non-hydrogen) atoms. The van der Waals surface area contributed by atoms with E-state index in [2.05, 4.69) is 27.7 Å². The number of hydrogen-bond acceptors (Lipinski definition) is 4. The van der Waals surface area contributed by atoms with Gasteiger partial charge in [0, 0.05) is 12.8 Å². The summed E-state index contributed by atoms with van der Waals surface area (Å²) < 4.78 is 11.9. The van der Waals surface area contributed by atoms with Crippen molar-refractivity contribution in [2.75, 3.05) is 0 Å². The summed E-state index contributed by atoms with van der Waals surface area (Å²) in [5.41, 5.74) is 0. The maximum Gasteiger partial charge on any atom is 0.306 e. The Morgan fingerprint density at radius 3 is 0.881 bits per heavy atom. The van der Waals surface area contributed by atoms with Crippen LogP contribution in [0.3, 0.4) is 0 Å². The van der Waals surface area contributed by atoms with E-state index in [0.717, 1.165) is 51.4 Å². The number of unbranched alkanes of at least 4 members (excludes halogenated alkanes) is 19. The molecule has 0 aliphatic carbocycles. The van der Waals surface area contributed by atoms with Crippen LogP contribution in [0.4, 0.5) is 0 Å². The third-order valence-corrected chi connectivity index (χ3v) is 8.63. The van der Waals surface area contributed by atoms with Crippen molar-refractivity contribution in [2.45, 2.75) is 233 Å². The van der Waals surface area contributed by atoms with E-state index in [-0.39, 0.29) is 24.1 Å². The van der Waals surface area contributed by atoms with Crippen LogP contribution in [0.15, 0.2) is 0 Å². The van der Waals surface area contributed by atoms with E-state index in [1.54, 1.807) is 0 Å². The summed E-state index contributed by atoms with van der Waals surface area (Å²) in [6.45, 7) is 8.98. The van der Waals surface area contributed by atoms with Crippen molar-refractivity contribution in [1.29, 1.82) is 0 Å². The van der Waals surface area contributed by atoms with Gasteiger partial charge in [0.2, 0.25) is 0 Å². The number of rotatable bonds is 33. The van der Waals surface area contributed by atoms with Crippen molar-refractivity contribution < 1.29 is 19.1 Å². The minimum atomic E-state index is -0.0838. The molecule has 0 heterocycles. The molecular weight excluding hydrogens is 520 g/mol. The standard InChI is InChI=1S/C38H74O4/c1-5-9-13-17-19-21-25-31-35(29-23-15-11-7-3)41-37(39)33-27-28-34-38(40)42-36(30-24-16-12-8-4)32-26-22-20-18-14-10-6-2/h35-36H,5-34H2,1-4H3. The molecular formula is C38H74O4. The van der Waals surface area contributed by atoms with Crippen molar-refractivity contribution in [3.63, 3.8) is 0 Å². The molecule has 0 bridgehead atoms. The third-order valence-electron chi connectivity index (χ3n) is 8.63. The number of ether oxygens (including phenoxy) is 2. The fourth-order valence-corrected chi connectivity index (χ4v) is 5.81. The summed E-state index contributed by atoms with van der Waals surface area (Å²) in [7, 11) is 0. The van der Waals surface area contributed by atoms with E-state index in [0.29, 0.717) is 25.7 Å². The summed E-state index contributed by atoms with van der Waals surface area (Å²) in [5.74, 6) is -0.168. The zero-order chi connectivity index (χ0) is 30.9. The Balaban J connectivity index is 4.35. The van der Waals surface area contributed by atoms with Crippen LogP contribution >= 0.6 is 0 Å². The summed E-state index contributed by atoms with van der Waals surface area (Å²) >= 11 is 0. The SMILES string of the molecule is CCCCCCCCCC(CCCCCC)OC(=O)CCCCC(=O)OC(CCCCCC)CCCCCCCCC. The Morgan fingerprint density at radius 1 is 0.357 bits per heavy atom. The fourth-order valence-electron chi connectivity index (χ4n) is 5.81. The molecule has 0 aromatic carbocycles. The molecule has 0 saturated heterocycles. The minimum absolute atomic E-state index is 0.0649. The highest BCUT2D eigenvalue weighted by Gasteiger charge is 2.16. The molecule has 0 aliphatic heterocycles. The van der Waals surface area contributed by atoms with Crippen LogP contribution in [-0.2, 0) is 19.1 Å². The van der Waals surface area contributed by atoms with Gasteiger partial charge in [0.15, 0.2) is 0 Å². The van der Waals surface area contributed by atoms with Gasteiger partial charge in [0.1, 0.15) is 12.2 Å². The highest BCUT2D eigenvalue weighted by molar-refractivity contribution is 5.70. The van der Waals surface area contributed by atoms with Crippen molar-refractivity contribution in [3.05, 3.63) is 0 Å². The van der Waals surface area contributed by atoms with Gasteiger partial charge in [-0.1, -0.05) is 143 Å². The highest BCUT2D eigenvalue weighted by Crippen LogP contribution is 2.19. The lowest BCUT2D eigenvalue weighted by molar-refractivity contribution is -0.152. The monoisotopic (exact) mass is 595 g/mol. The first-order valence-electron chi connectivity index (χ1n) is 19.0. The van der Waals surface area contributed by atoms with Crippen LogP contribution < -0.4 is 0 Å². The predicted octanol–water partition coefficient (Wildman–Crippen LogP) is 12.6. The lowest BCUT2D eigenvalue weighted by atomic mass is 10.0. The number of hydrogen-bond donors (Lipinski definition) is 0. The molecule has 0 N–H and O–H groups in total. The molecule has 0 rings (SSSR count). The molecule has 2 unspecified atom stereocenters. The molecule has 250 valence electrons. The van der Waals surface area contributed by atoms with E-state index < -0.39 is 0 Å². The van der Waals surface area contributed by atoms with Gasteiger partial charge in [0.05, 0.1) is 0 Å². The molecule has 2 atom stereocenters. The molecule has 0 amide bonds. The Bertz CT molecular complexity index is 525. The Hall–Kier alpha value is -1.06. The normalized spacial score (nSPS) is 12.8. The summed E-state index contributed by atoms with van der Waals surface area (Å²) in [6, 6.07) is 0. The van der Waals surface area contributed by atoms with Gasteiger partial charge in [-0.25, -0.2) is 0 Å². The average molecular weight is 595 g/mol. The van der Waals surface area contributed by atoms with E-state index in [1.807, 2.05) is 0 Å². The van der Waals surface area contributed by atoms with Crippen LogP contribution in [-0.4, -0.2) is 24.1 Å². The van der Waals surface area contributed by atoms with E-state index >= 15 is 0 Å². The number of esters is 2. The van der Waals surface area contributed by atoms with Crippen LogP contribution in [0.25, 0.3) is 0 Å². The van der Waals surface area contributed by atoms with Gasteiger partial charge in [-0.05, 0) is 64.2 Å². The fraction of sp³-hybridized carbons (Fsp3) is 0.947.